The molecule has 7 nitrogen and oxygen atoms in total. The van der Waals surface area contributed by atoms with Crippen LogP contribution < -0.4 is 15.0 Å². The molecule has 0 spiro atoms. The van der Waals surface area contributed by atoms with E-state index < -0.39 is 6.09 Å². The van der Waals surface area contributed by atoms with Crippen molar-refractivity contribution in [1.82, 2.24) is 0 Å². The molecule has 0 fully saturated rings. The number of hydrogen-bond donors (Lipinski definition) is 1. The predicted octanol–water partition coefficient (Wildman–Crippen LogP) is 3.22. The maximum absolute atomic E-state index is 11.9. The molecular formula is C18H19N3O4. The van der Waals surface area contributed by atoms with E-state index in [2.05, 4.69) is 10.5 Å². The summed E-state index contributed by atoms with van der Waals surface area (Å²) < 4.78 is 10.9. The molecule has 3 rings (SSSR count). The smallest absolute Gasteiger partial charge is 0.411 e. The molecular weight excluding hydrogens is 322 g/mol. The van der Waals surface area contributed by atoms with E-state index in [-0.39, 0.29) is 6.61 Å². The van der Waals surface area contributed by atoms with Gasteiger partial charge in [0, 0.05) is 18.8 Å². The molecule has 0 atom stereocenters. The minimum atomic E-state index is -0.519. The van der Waals surface area contributed by atoms with Crippen molar-refractivity contribution in [2.24, 2.45) is 5.16 Å². The highest BCUT2D eigenvalue weighted by atomic mass is 16.6. The number of hydrogen-bond acceptors (Lipinski definition) is 5. The maximum atomic E-state index is 11.9. The number of carbonyl (C=O) groups is 1. The molecule has 0 bridgehead atoms. The second-order valence-corrected chi connectivity index (χ2v) is 5.41. The van der Waals surface area contributed by atoms with Crippen LogP contribution in [0.2, 0.25) is 0 Å². The van der Waals surface area contributed by atoms with Gasteiger partial charge in [-0.15, -0.1) is 0 Å². The van der Waals surface area contributed by atoms with E-state index in [4.69, 9.17) is 14.3 Å². The van der Waals surface area contributed by atoms with Crippen molar-refractivity contribution in [2.75, 3.05) is 31.0 Å². The highest BCUT2D eigenvalue weighted by Crippen LogP contribution is 2.34. The molecule has 0 saturated heterocycles. The number of nitrogens with one attached hydrogen (secondary N) is 1. The molecule has 1 aliphatic heterocycles. The van der Waals surface area contributed by atoms with Crippen LogP contribution in [0.25, 0.3) is 0 Å². The number of rotatable bonds is 4. The van der Waals surface area contributed by atoms with Gasteiger partial charge in [0.15, 0.2) is 5.84 Å². The van der Waals surface area contributed by atoms with Gasteiger partial charge in [0.1, 0.15) is 26.1 Å². The second-order valence-electron chi connectivity index (χ2n) is 5.41. The van der Waals surface area contributed by atoms with Crippen molar-refractivity contribution in [3.8, 4) is 5.75 Å². The highest BCUT2D eigenvalue weighted by Gasteiger charge is 2.22. The summed E-state index contributed by atoms with van der Waals surface area (Å²) in [7, 11) is 3.37. The Balaban J connectivity index is 1.63. The number of oxime groups is 1. The Labute approximate surface area is 145 Å². The molecule has 25 heavy (non-hydrogen) atoms. The van der Waals surface area contributed by atoms with Gasteiger partial charge < -0.3 is 19.2 Å². The summed E-state index contributed by atoms with van der Waals surface area (Å²) >= 11 is 0. The van der Waals surface area contributed by atoms with Gasteiger partial charge in [0.25, 0.3) is 0 Å². The Kier molecular flexibility index (Phi) is 5.03. The summed E-state index contributed by atoms with van der Waals surface area (Å²) in [4.78, 5) is 18.6. The van der Waals surface area contributed by atoms with Crippen LogP contribution in [0.3, 0.4) is 0 Å². The topological polar surface area (TPSA) is 72.4 Å². The molecule has 0 saturated carbocycles. The number of amides is 1. The normalized spacial score (nSPS) is 14.5. The quantitative estimate of drug-likeness (QED) is 0.865. The van der Waals surface area contributed by atoms with Gasteiger partial charge in [0.2, 0.25) is 0 Å². The molecule has 130 valence electrons. The zero-order chi connectivity index (χ0) is 17.6. The van der Waals surface area contributed by atoms with Crippen LogP contribution in [0.1, 0.15) is 5.56 Å². The highest BCUT2D eigenvalue weighted by molar-refractivity contribution is 6.01. The van der Waals surface area contributed by atoms with Crippen molar-refractivity contribution in [2.45, 2.75) is 6.61 Å². The third-order valence-electron chi connectivity index (χ3n) is 3.72. The fourth-order valence-corrected chi connectivity index (χ4v) is 2.43. The van der Waals surface area contributed by atoms with Crippen LogP contribution in [0.5, 0.6) is 5.75 Å². The number of anilines is 2. The van der Waals surface area contributed by atoms with E-state index in [1.807, 2.05) is 48.3 Å². The summed E-state index contributed by atoms with van der Waals surface area (Å²) in [6, 6.07) is 14.9. The van der Waals surface area contributed by atoms with E-state index in [1.165, 1.54) is 7.11 Å². The minimum Gasteiger partial charge on any atom is -0.483 e. The Hall–Kier alpha value is -3.22. The number of amidine groups is 1. The van der Waals surface area contributed by atoms with Crippen molar-refractivity contribution in [3.63, 3.8) is 0 Å². The van der Waals surface area contributed by atoms with Crippen LogP contribution >= 0.6 is 0 Å². The summed E-state index contributed by atoms with van der Waals surface area (Å²) in [5.41, 5.74) is 2.36. The predicted molar refractivity (Wildman–Crippen MR) is 95.0 cm³/mol. The first-order valence-corrected chi connectivity index (χ1v) is 7.75. The fraction of sp³-hybridized carbons (Fsp3) is 0.222. The zero-order valence-corrected chi connectivity index (χ0v) is 14.1. The van der Waals surface area contributed by atoms with Gasteiger partial charge in [-0.25, -0.2) is 4.79 Å². The third kappa shape index (κ3) is 4.00. The van der Waals surface area contributed by atoms with Crippen LogP contribution in [0.15, 0.2) is 53.7 Å². The van der Waals surface area contributed by atoms with Crippen LogP contribution in [0, 0.1) is 0 Å². The lowest BCUT2D eigenvalue weighted by atomic mass is 10.2. The summed E-state index contributed by atoms with van der Waals surface area (Å²) in [6.45, 7) is 0.507. The average molecular weight is 341 g/mol. The van der Waals surface area contributed by atoms with E-state index >= 15 is 0 Å². The largest absolute Gasteiger partial charge is 0.483 e. The molecule has 0 unspecified atom stereocenters. The monoisotopic (exact) mass is 341 g/mol. The van der Waals surface area contributed by atoms with Crippen LogP contribution in [-0.2, 0) is 16.2 Å². The molecule has 0 aliphatic carbocycles. The van der Waals surface area contributed by atoms with E-state index in [0.717, 1.165) is 11.3 Å². The SMILES string of the molecule is CON=C1COc2cc(NC(=O)OCc3ccccc3)ccc2N1C. The van der Waals surface area contributed by atoms with Crippen LogP contribution in [0.4, 0.5) is 16.2 Å². The van der Waals surface area contributed by atoms with E-state index in [1.54, 1.807) is 12.1 Å². The van der Waals surface area contributed by atoms with Gasteiger partial charge in [-0.1, -0.05) is 35.5 Å². The molecule has 1 N–H and O–H groups in total. The van der Waals surface area contributed by atoms with Gasteiger partial charge in [-0.2, -0.15) is 0 Å². The lowest BCUT2D eigenvalue weighted by Gasteiger charge is -2.28. The van der Waals surface area contributed by atoms with Crippen LogP contribution in [-0.4, -0.2) is 32.7 Å². The van der Waals surface area contributed by atoms with Crippen molar-refractivity contribution < 1.29 is 19.1 Å². The first-order valence-electron chi connectivity index (χ1n) is 7.75. The first-order chi connectivity index (χ1) is 12.2. The lowest BCUT2D eigenvalue weighted by Crippen LogP contribution is -2.36. The molecule has 0 aromatic heterocycles. The van der Waals surface area contributed by atoms with Gasteiger partial charge in [-0.05, 0) is 17.7 Å². The molecule has 0 radical (unpaired) electrons. The maximum Gasteiger partial charge on any atom is 0.411 e. The number of ether oxygens (including phenoxy) is 2. The third-order valence-corrected chi connectivity index (χ3v) is 3.72. The second kappa shape index (κ2) is 7.57. The number of carbonyl (C=O) groups excluding carboxylic acids is 1. The first kappa shape index (κ1) is 16.6. The zero-order valence-electron chi connectivity index (χ0n) is 14.1. The number of benzene rings is 2. The molecule has 1 aliphatic rings. The van der Waals surface area contributed by atoms with Crippen molar-refractivity contribution in [3.05, 3.63) is 54.1 Å². The number of fused-ring (bicyclic) bond motifs is 1. The molecule has 2 aromatic carbocycles. The van der Waals surface area contributed by atoms with Gasteiger partial charge in [0.05, 0.1) is 5.69 Å². The fourth-order valence-electron chi connectivity index (χ4n) is 2.43. The van der Waals surface area contributed by atoms with Crippen molar-refractivity contribution in [1.29, 1.82) is 0 Å². The summed E-state index contributed by atoms with van der Waals surface area (Å²) in [6.07, 6.45) is -0.519. The molecule has 1 heterocycles. The Bertz CT molecular complexity index is 777. The number of nitrogens with zero attached hydrogens (tertiary/aromatic N) is 2. The Morgan fingerprint density at radius 2 is 2.08 bits per heavy atom. The minimum absolute atomic E-state index is 0.216. The summed E-state index contributed by atoms with van der Waals surface area (Å²) in [5, 5.41) is 6.61. The Morgan fingerprint density at radius 1 is 1.28 bits per heavy atom. The van der Waals surface area contributed by atoms with Gasteiger partial charge in [-0.3, -0.25) is 5.32 Å². The van der Waals surface area contributed by atoms with E-state index in [9.17, 15) is 4.79 Å². The Morgan fingerprint density at radius 3 is 2.84 bits per heavy atom. The molecule has 1 amide bonds. The van der Waals surface area contributed by atoms with Crippen molar-refractivity contribution >= 4 is 23.3 Å². The number of likely N-dealkylation sites (N-methyl/N-ethyl adjacent to an activating group) is 1. The molecule has 2 aromatic rings. The lowest BCUT2D eigenvalue weighted by molar-refractivity contribution is 0.155. The standard InChI is InChI=1S/C18H19N3O4/c1-21-15-9-8-14(10-16(15)24-12-17(21)20-23-2)19-18(22)25-11-13-6-4-3-5-7-13/h3-10H,11-12H2,1-2H3,(H,19,22). The van der Waals surface area contributed by atoms with E-state index in [0.29, 0.717) is 23.9 Å². The average Bonchev–Trinajstić information content (AvgIpc) is 2.63. The molecule has 7 heteroatoms. The van der Waals surface area contributed by atoms with Gasteiger partial charge >= 0.3 is 6.09 Å². The summed E-state index contributed by atoms with van der Waals surface area (Å²) in [5.74, 6) is 1.32.